The van der Waals surface area contributed by atoms with Crippen LogP contribution in [0.3, 0.4) is 0 Å². The first-order valence-corrected chi connectivity index (χ1v) is 14.6. The van der Waals surface area contributed by atoms with E-state index < -0.39 is 12.6 Å². The van der Waals surface area contributed by atoms with Gasteiger partial charge in [0.1, 0.15) is 12.1 Å². The summed E-state index contributed by atoms with van der Waals surface area (Å²) in [6.07, 6.45) is 1.81. The van der Waals surface area contributed by atoms with Gasteiger partial charge in [-0.2, -0.15) is 13.2 Å². The van der Waals surface area contributed by atoms with Crippen molar-refractivity contribution in [3.8, 4) is 0 Å². The predicted molar refractivity (Wildman–Crippen MR) is 159 cm³/mol. The summed E-state index contributed by atoms with van der Waals surface area (Å²) in [6.45, 7) is 16.7. The number of anilines is 2. The molecule has 2 fully saturated rings. The van der Waals surface area contributed by atoms with Crippen LogP contribution in [0.15, 0.2) is 48.6 Å². The molecule has 3 aromatic rings. The zero-order valence-electron chi connectivity index (χ0n) is 24.8. The van der Waals surface area contributed by atoms with Crippen molar-refractivity contribution in [3.05, 3.63) is 65.3 Å². The molecule has 2 saturated heterocycles. The Morgan fingerprint density at radius 3 is 2.46 bits per heavy atom. The average Bonchev–Trinajstić information content (AvgIpc) is 2.90. The first kappa shape index (κ1) is 29.3. The van der Waals surface area contributed by atoms with Crippen LogP contribution in [-0.2, 0) is 13.0 Å². The number of rotatable bonds is 8. The minimum atomic E-state index is -4.28. The van der Waals surface area contributed by atoms with E-state index in [1.807, 2.05) is 0 Å². The van der Waals surface area contributed by atoms with Gasteiger partial charge in [-0.25, -0.2) is 15.0 Å². The third kappa shape index (κ3) is 6.66. The number of piperidine rings is 1. The Labute approximate surface area is 241 Å². The van der Waals surface area contributed by atoms with E-state index in [1.165, 1.54) is 35.0 Å². The molecule has 6 nitrogen and oxygen atoms in total. The number of fused-ring (bicyclic) bond motifs is 1. The lowest BCUT2D eigenvalue weighted by Crippen LogP contribution is -2.60. The molecule has 5 rings (SSSR count). The maximum Gasteiger partial charge on any atom is 0.393 e. The Balaban J connectivity index is 1.20. The Kier molecular flexibility index (Phi) is 8.28. The molecule has 0 N–H and O–H groups in total. The molecule has 41 heavy (non-hydrogen) atoms. The fraction of sp³-hybridized carbons (Fsp3) is 0.531. The van der Waals surface area contributed by atoms with Crippen molar-refractivity contribution in [3.63, 3.8) is 0 Å². The number of nitrogens with zero attached hydrogens (tertiary/aromatic N) is 6. The number of halogens is 3. The van der Waals surface area contributed by atoms with Gasteiger partial charge in [0.05, 0.1) is 11.8 Å². The predicted octanol–water partition coefficient (Wildman–Crippen LogP) is 6.93. The van der Waals surface area contributed by atoms with Crippen molar-refractivity contribution < 1.29 is 13.2 Å². The van der Waals surface area contributed by atoms with Crippen LogP contribution in [0.4, 0.5) is 24.7 Å². The van der Waals surface area contributed by atoms with E-state index in [9.17, 15) is 13.2 Å². The fourth-order valence-electron chi connectivity index (χ4n) is 6.21. The summed E-state index contributed by atoms with van der Waals surface area (Å²) in [7, 11) is 0. The standard InChI is InChI=1S/C32H41F3N6/c1-6-24(5)41(17-22(2)3)27-8-7-26(23(4)13-27)18-39-11-9-31(10-12-39)19-40(20-31)30-28-14-25(15-32(33,34)35)16-36-29(28)37-21-38-30/h6-8,13-14,16,21-22H,9-12,15,17-20H2,1-5H3/b24-6-. The highest BCUT2D eigenvalue weighted by Crippen LogP contribution is 2.43. The summed E-state index contributed by atoms with van der Waals surface area (Å²) in [5, 5.41) is 0.594. The summed E-state index contributed by atoms with van der Waals surface area (Å²) in [5.74, 6) is 1.26. The van der Waals surface area contributed by atoms with E-state index in [4.69, 9.17) is 0 Å². The number of aromatic nitrogens is 3. The molecule has 0 bridgehead atoms. The van der Waals surface area contributed by atoms with Crippen LogP contribution in [0.5, 0.6) is 0 Å². The van der Waals surface area contributed by atoms with E-state index in [2.05, 4.69) is 88.5 Å². The Bertz CT molecular complexity index is 1400. The van der Waals surface area contributed by atoms with Crippen molar-refractivity contribution >= 4 is 22.5 Å². The largest absolute Gasteiger partial charge is 0.393 e. The molecular weight excluding hydrogens is 525 g/mol. The number of likely N-dealkylation sites (tertiary alicyclic amines) is 1. The number of benzene rings is 1. The fourth-order valence-corrected chi connectivity index (χ4v) is 6.21. The molecule has 220 valence electrons. The Morgan fingerprint density at radius 1 is 1.10 bits per heavy atom. The molecule has 2 aromatic heterocycles. The maximum atomic E-state index is 13.0. The zero-order chi connectivity index (χ0) is 29.4. The molecule has 2 aliphatic heterocycles. The van der Waals surface area contributed by atoms with Gasteiger partial charge in [-0.05, 0) is 87.5 Å². The van der Waals surface area contributed by atoms with E-state index in [1.54, 1.807) is 6.07 Å². The topological polar surface area (TPSA) is 48.4 Å². The molecule has 0 radical (unpaired) electrons. The van der Waals surface area contributed by atoms with Gasteiger partial charge in [-0.15, -0.1) is 0 Å². The quantitative estimate of drug-likeness (QED) is 0.295. The number of allylic oxidation sites excluding steroid dienone is 2. The van der Waals surface area contributed by atoms with Crippen LogP contribution in [0.2, 0.25) is 0 Å². The van der Waals surface area contributed by atoms with Crippen LogP contribution < -0.4 is 9.80 Å². The average molecular weight is 567 g/mol. The van der Waals surface area contributed by atoms with E-state index >= 15 is 0 Å². The van der Waals surface area contributed by atoms with Gasteiger partial charge in [0, 0.05) is 49.2 Å². The molecule has 1 spiro atoms. The summed E-state index contributed by atoms with van der Waals surface area (Å²) in [5.41, 5.74) is 6.02. The van der Waals surface area contributed by atoms with E-state index in [-0.39, 0.29) is 11.0 Å². The Morgan fingerprint density at radius 2 is 1.83 bits per heavy atom. The second kappa shape index (κ2) is 11.6. The Hall–Kier alpha value is -3.20. The molecule has 0 atom stereocenters. The number of aryl methyl sites for hydroxylation is 1. The first-order chi connectivity index (χ1) is 19.4. The lowest BCUT2D eigenvalue weighted by molar-refractivity contribution is -0.127. The third-order valence-electron chi connectivity index (χ3n) is 8.62. The maximum absolute atomic E-state index is 13.0. The summed E-state index contributed by atoms with van der Waals surface area (Å²) < 4.78 is 38.9. The lowest BCUT2D eigenvalue weighted by Gasteiger charge is -2.54. The number of hydrogen-bond acceptors (Lipinski definition) is 6. The van der Waals surface area contributed by atoms with Gasteiger partial charge in [0.25, 0.3) is 0 Å². The van der Waals surface area contributed by atoms with E-state index in [0.29, 0.717) is 22.8 Å². The second-order valence-corrected chi connectivity index (χ2v) is 12.4. The van der Waals surface area contributed by atoms with Crippen LogP contribution in [-0.4, -0.2) is 58.8 Å². The van der Waals surface area contributed by atoms with Crippen molar-refractivity contribution in [2.24, 2.45) is 11.3 Å². The van der Waals surface area contributed by atoms with E-state index in [0.717, 1.165) is 52.1 Å². The van der Waals surface area contributed by atoms with Gasteiger partial charge < -0.3 is 9.80 Å². The van der Waals surface area contributed by atoms with Gasteiger partial charge in [-0.3, -0.25) is 4.90 Å². The zero-order valence-corrected chi connectivity index (χ0v) is 24.8. The third-order valence-corrected chi connectivity index (χ3v) is 8.62. The molecular formula is C32H41F3N6. The smallest absolute Gasteiger partial charge is 0.355 e. The molecule has 2 aliphatic rings. The summed E-state index contributed by atoms with van der Waals surface area (Å²) >= 11 is 0. The molecule has 4 heterocycles. The minimum absolute atomic E-state index is 0.137. The van der Waals surface area contributed by atoms with Crippen LogP contribution in [0.1, 0.15) is 57.2 Å². The number of pyridine rings is 1. The summed E-state index contributed by atoms with van der Waals surface area (Å²) in [4.78, 5) is 19.9. The highest BCUT2D eigenvalue weighted by atomic mass is 19.4. The van der Waals surface area contributed by atoms with Crippen molar-refractivity contribution in [2.45, 2.75) is 66.6 Å². The molecule has 1 aromatic carbocycles. The second-order valence-electron chi connectivity index (χ2n) is 12.4. The highest BCUT2D eigenvalue weighted by molar-refractivity contribution is 5.87. The number of alkyl halides is 3. The lowest BCUT2D eigenvalue weighted by atomic mass is 9.72. The SMILES string of the molecule is C/C=C(/C)N(CC(C)C)c1ccc(CN2CCC3(CC2)CN(c2ncnc4ncc(CC(F)(F)F)cc24)C3)c(C)c1. The van der Waals surface area contributed by atoms with Crippen molar-refractivity contribution in [2.75, 3.05) is 42.5 Å². The molecule has 9 heteroatoms. The summed E-state index contributed by atoms with van der Waals surface area (Å²) in [6, 6.07) is 8.42. The van der Waals surface area contributed by atoms with Gasteiger partial charge in [0.15, 0.2) is 5.65 Å². The van der Waals surface area contributed by atoms with Gasteiger partial charge in [-0.1, -0.05) is 26.0 Å². The molecule has 0 saturated carbocycles. The van der Waals surface area contributed by atoms with Crippen LogP contribution in [0.25, 0.3) is 11.0 Å². The van der Waals surface area contributed by atoms with Crippen molar-refractivity contribution in [1.82, 2.24) is 19.9 Å². The molecule has 0 unspecified atom stereocenters. The first-order valence-electron chi connectivity index (χ1n) is 14.6. The van der Waals surface area contributed by atoms with Crippen LogP contribution in [0, 0.1) is 18.3 Å². The normalized spacial score (nSPS) is 17.9. The van der Waals surface area contributed by atoms with Gasteiger partial charge >= 0.3 is 6.18 Å². The van der Waals surface area contributed by atoms with Crippen LogP contribution >= 0.6 is 0 Å². The molecule has 0 amide bonds. The highest BCUT2D eigenvalue weighted by Gasteiger charge is 2.45. The van der Waals surface area contributed by atoms with Crippen molar-refractivity contribution in [1.29, 1.82) is 0 Å². The minimum Gasteiger partial charge on any atom is -0.355 e. The monoisotopic (exact) mass is 566 g/mol. The van der Waals surface area contributed by atoms with Gasteiger partial charge in [0.2, 0.25) is 0 Å². The molecule has 0 aliphatic carbocycles. The number of hydrogen-bond donors (Lipinski definition) is 0.